The van der Waals surface area contributed by atoms with Crippen LogP contribution in [0.25, 0.3) is 0 Å². The van der Waals surface area contributed by atoms with Gasteiger partial charge in [0.25, 0.3) is 0 Å². The largest absolute Gasteiger partial charge is 0.503 e. The van der Waals surface area contributed by atoms with E-state index in [4.69, 9.17) is 0 Å². The molecule has 2 N–H and O–H groups in total. The molecule has 1 rings (SSSR count). The minimum Gasteiger partial charge on any atom is -0.503 e. The molecule has 0 fully saturated rings. The first kappa shape index (κ1) is 17.7. The van der Waals surface area contributed by atoms with Crippen LogP contribution < -0.4 is 5.43 Å². The van der Waals surface area contributed by atoms with Crippen LogP contribution in [0.5, 0.6) is 5.75 Å². The standard InChI is InChI=1S/C16H28N2O3/c1-4-6-8-18(9-7-5-2)11-14-16(21)15(20)10-13(12-19)17(14)3/h10,19,21H,4-9,11-12H2,1-3H3. The van der Waals surface area contributed by atoms with Gasteiger partial charge < -0.3 is 14.8 Å². The molecule has 0 bridgehead atoms. The van der Waals surface area contributed by atoms with Gasteiger partial charge in [-0.1, -0.05) is 26.7 Å². The quantitative estimate of drug-likeness (QED) is 0.731. The van der Waals surface area contributed by atoms with E-state index in [2.05, 4.69) is 18.7 Å². The molecule has 5 nitrogen and oxygen atoms in total. The molecule has 0 amide bonds. The third kappa shape index (κ3) is 4.86. The second-order valence-corrected chi connectivity index (χ2v) is 5.50. The number of hydrogen-bond donors (Lipinski definition) is 2. The summed E-state index contributed by atoms with van der Waals surface area (Å²) in [5.41, 5.74) is 0.690. The monoisotopic (exact) mass is 296 g/mol. The van der Waals surface area contributed by atoms with Crippen molar-refractivity contribution >= 4 is 0 Å². The Kier molecular flexibility index (Phi) is 7.47. The number of aromatic nitrogens is 1. The van der Waals surface area contributed by atoms with Crippen molar-refractivity contribution in [1.82, 2.24) is 9.47 Å². The molecular weight excluding hydrogens is 268 g/mol. The zero-order chi connectivity index (χ0) is 15.8. The Morgan fingerprint density at radius 3 is 2.24 bits per heavy atom. The Balaban J connectivity index is 3.01. The van der Waals surface area contributed by atoms with Gasteiger partial charge in [-0.15, -0.1) is 0 Å². The van der Waals surface area contributed by atoms with Gasteiger partial charge in [-0.2, -0.15) is 0 Å². The van der Waals surface area contributed by atoms with Gasteiger partial charge in [0, 0.05) is 25.4 Å². The first-order valence-electron chi connectivity index (χ1n) is 7.79. The summed E-state index contributed by atoms with van der Waals surface area (Å²) in [5, 5.41) is 19.4. The number of aliphatic hydroxyl groups excluding tert-OH is 1. The van der Waals surface area contributed by atoms with Crippen molar-refractivity contribution in [3.8, 4) is 5.75 Å². The van der Waals surface area contributed by atoms with E-state index in [9.17, 15) is 15.0 Å². The summed E-state index contributed by atoms with van der Waals surface area (Å²) in [6.07, 6.45) is 4.42. The van der Waals surface area contributed by atoms with Crippen LogP contribution in [0.3, 0.4) is 0 Å². The van der Waals surface area contributed by atoms with E-state index < -0.39 is 5.43 Å². The lowest BCUT2D eigenvalue weighted by Gasteiger charge is -2.24. The third-order valence-electron chi connectivity index (χ3n) is 3.83. The van der Waals surface area contributed by atoms with E-state index in [0.717, 1.165) is 38.8 Å². The summed E-state index contributed by atoms with van der Waals surface area (Å²) >= 11 is 0. The van der Waals surface area contributed by atoms with Crippen LogP contribution in [0, 0.1) is 0 Å². The fourth-order valence-electron chi connectivity index (χ4n) is 2.37. The van der Waals surface area contributed by atoms with Crippen molar-refractivity contribution in [2.75, 3.05) is 13.1 Å². The van der Waals surface area contributed by atoms with Crippen LogP contribution >= 0.6 is 0 Å². The molecule has 1 aromatic rings. The summed E-state index contributed by atoms with van der Waals surface area (Å²) in [7, 11) is 1.78. The minimum absolute atomic E-state index is 0.201. The Morgan fingerprint density at radius 2 is 1.76 bits per heavy atom. The fourth-order valence-corrected chi connectivity index (χ4v) is 2.37. The Bertz CT molecular complexity index is 489. The van der Waals surface area contributed by atoms with Gasteiger partial charge in [0.15, 0.2) is 5.75 Å². The first-order valence-corrected chi connectivity index (χ1v) is 7.79. The van der Waals surface area contributed by atoms with Crippen molar-refractivity contribution in [3.05, 3.63) is 27.7 Å². The molecule has 1 aromatic heterocycles. The number of hydrogen-bond acceptors (Lipinski definition) is 4. The minimum atomic E-state index is -0.418. The molecule has 120 valence electrons. The topological polar surface area (TPSA) is 65.7 Å². The molecule has 0 aliphatic rings. The van der Waals surface area contributed by atoms with E-state index in [-0.39, 0.29) is 12.4 Å². The van der Waals surface area contributed by atoms with Gasteiger partial charge in [-0.25, -0.2) is 0 Å². The normalized spacial score (nSPS) is 11.3. The molecule has 5 heteroatoms. The van der Waals surface area contributed by atoms with Crippen LogP contribution in [-0.2, 0) is 20.2 Å². The molecular formula is C16H28N2O3. The Hall–Kier alpha value is -1.33. The zero-order valence-corrected chi connectivity index (χ0v) is 13.4. The smallest absolute Gasteiger partial charge is 0.223 e. The van der Waals surface area contributed by atoms with E-state index >= 15 is 0 Å². The number of aromatic hydroxyl groups is 1. The van der Waals surface area contributed by atoms with E-state index in [1.54, 1.807) is 11.6 Å². The van der Waals surface area contributed by atoms with Crippen molar-refractivity contribution in [1.29, 1.82) is 0 Å². The lowest BCUT2D eigenvalue weighted by molar-refractivity contribution is 0.240. The summed E-state index contributed by atoms with van der Waals surface area (Å²) < 4.78 is 1.72. The van der Waals surface area contributed by atoms with Gasteiger partial charge in [-0.3, -0.25) is 9.69 Å². The summed E-state index contributed by atoms with van der Waals surface area (Å²) in [4.78, 5) is 14.1. The number of rotatable bonds is 9. The molecule has 0 aromatic carbocycles. The average molecular weight is 296 g/mol. The van der Waals surface area contributed by atoms with Crippen LogP contribution in [-0.4, -0.2) is 32.8 Å². The fraction of sp³-hybridized carbons (Fsp3) is 0.688. The van der Waals surface area contributed by atoms with Crippen LogP contribution in [0.2, 0.25) is 0 Å². The van der Waals surface area contributed by atoms with Crippen molar-refractivity contribution < 1.29 is 10.2 Å². The SMILES string of the molecule is CCCCN(CCCC)Cc1c(O)c(=O)cc(CO)n1C. The highest BCUT2D eigenvalue weighted by molar-refractivity contribution is 5.29. The van der Waals surface area contributed by atoms with E-state index in [0.29, 0.717) is 17.9 Å². The third-order valence-corrected chi connectivity index (χ3v) is 3.83. The van der Waals surface area contributed by atoms with Gasteiger partial charge >= 0.3 is 0 Å². The maximum absolute atomic E-state index is 11.8. The molecule has 0 saturated heterocycles. The Morgan fingerprint density at radius 1 is 1.19 bits per heavy atom. The highest BCUT2D eigenvalue weighted by Crippen LogP contribution is 2.16. The second kappa shape index (κ2) is 8.85. The second-order valence-electron chi connectivity index (χ2n) is 5.50. The molecule has 0 atom stereocenters. The molecule has 0 radical (unpaired) electrons. The number of unbranched alkanes of at least 4 members (excludes halogenated alkanes) is 2. The summed E-state index contributed by atoms with van der Waals surface area (Å²) in [5.74, 6) is -0.201. The Labute approximate surface area is 126 Å². The van der Waals surface area contributed by atoms with Crippen LogP contribution in [0.4, 0.5) is 0 Å². The maximum Gasteiger partial charge on any atom is 0.223 e. The number of nitrogens with zero attached hydrogens (tertiary/aromatic N) is 2. The molecule has 0 aliphatic heterocycles. The van der Waals surface area contributed by atoms with Gasteiger partial charge in [0.2, 0.25) is 5.43 Å². The van der Waals surface area contributed by atoms with Gasteiger partial charge in [0.05, 0.1) is 12.3 Å². The first-order chi connectivity index (χ1) is 10.0. The highest BCUT2D eigenvalue weighted by Gasteiger charge is 2.15. The average Bonchev–Trinajstić information content (AvgIpc) is 2.49. The lowest BCUT2D eigenvalue weighted by Crippen LogP contribution is -2.29. The number of aliphatic hydroxyl groups is 1. The van der Waals surface area contributed by atoms with Crippen molar-refractivity contribution in [3.63, 3.8) is 0 Å². The molecule has 21 heavy (non-hydrogen) atoms. The zero-order valence-electron chi connectivity index (χ0n) is 13.4. The number of pyridine rings is 1. The van der Waals surface area contributed by atoms with Crippen LogP contribution in [0.1, 0.15) is 50.9 Å². The maximum atomic E-state index is 11.8. The van der Waals surface area contributed by atoms with Crippen molar-refractivity contribution in [2.24, 2.45) is 7.05 Å². The van der Waals surface area contributed by atoms with Crippen molar-refractivity contribution in [2.45, 2.75) is 52.7 Å². The molecule has 0 aliphatic carbocycles. The predicted octanol–water partition coefficient (Wildman–Crippen LogP) is 1.99. The van der Waals surface area contributed by atoms with E-state index in [1.807, 2.05) is 0 Å². The molecule has 0 saturated carbocycles. The van der Waals surface area contributed by atoms with Gasteiger partial charge in [-0.05, 0) is 25.9 Å². The van der Waals surface area contributed by atoms with Crippen LogP contribution in [0.15, 0.2) is 10.9 Å². The van der Waals surface area contributed by atoms with Gasteiger partial charge in [0.1, 0.15) is 0 Å². The highest BCUT2D eigenvalue weighted by atomic mass is 16.3. The lowest BCUT2D eigenvalue weighted by atomic mass is 10.2. The summed E-state index contributed by atoms with van der Waals surface area (Å²) in [6.45, 7) is 6.53. The molecule has 0 spiro atoms. The predicted molar refractivity (Wildman–Crippen MR) is 84.4 cm³/mol. The van der Waals surface area contributed by atoms with E-state index in [1.165, 1.54) is 6.07 Å². The molecule has 1 heterocycles. The summed E-state index contributed by atoms with van der Waals surface area (Å²) in [6, 6.07) is 1.29. The molecule has 0 unspecified atom stereocenters.